The zero-order valence-corrected chi connectivity index (χ0v) is 17.6. The highest BCUT2D eigenvalue weighted by atomic mass is 32.2. The molecule has 9 nitrogen and oxygen atoms in total. The lowest BCUT2D eigenvalue weighted by Crippen LogP contribution is -2.42. The number of urea groups is 1. The number of amides is 3. The van der Waals surface area contributed by atoms with Crippen LogP contribution in [0.2, 0.25) is 0 Å². The average molecular weight is 423 g/mol. The highest BCUT2D eigenvalue weighted by Crippen LogP contribution is 2.26. The summed E-state index contributed by atoms with van der Waals surface area (Å²) in [7, 11) is -2.87. The number of hydrogen-bond donors (Lipinski definition) is 4. The fourth-order valence-electron chi connectivity index (χ4n) is 2.74. The van der Waals surface area contributed by atoms with E-state index in [1.165, 1.54) is 19.2 Å². The van der Waals surface area contributed by atoms with Crippen molar-refractivity contribution in [2.75, 3.05) is 13.7 Å². The number of carbonyl (C=O) groups is 2. The number of ether oxygens (including phenoxy) is 1. The van der Waals surface area contributed by atoms with Gasteiger partial charge in [-0.2, -0.15) is 0 Å². The van der Waals surface area contributed by atoms with Gasteiger partial charge in [0.1, 0.15) is 10.6 Å². The van der Waals surface area contributed by atoms with Gasteiger partial charge in [0.15, 0.2) is 0 Å². The molecule has 1 aromatic carbocycles. The first-order chi connectivity index (χ1) is 13.6. The van der Waals surface area contributed by atoms with E-state index in [1.807, 2.05) is 30.7 Å². The van der Waals surface area contributed by atoms with Crippen molar-refractivity contribution >= 4 is 22.0 Å². The highest BCUT2D eigenvalue weighted by Gasteiger charge is 2.25. The van der Waals surface area contributed by atoms with Crippen molar-refractivity contribution in [3.63, 3.8) is 0 Å². The minimum atomic E-state index is -4.18. The molecule has 29 heavy (non-hydrogen) atoms. The Morgan fingerprint density at radius 2 is 1.93 bits per heavy atom. The quantitative estimate of drug-likeness (QED) is 0.514. The van der Waals surface area contributed by atoms with Crippen LogP contribution in [-0.2, 0) is 26.8 Å². The Labute approximate surface area is 170 Å². The maximum Gasteiger partial charge on any atom is 0.328 e. The lowest BCUT2D eigenvalue weighted by atomic mass is 10.00. The molecular formula is C19H26N4O5S. The van der Waals surface area contributed by atoms with Crippen molar-refractivity contribution in [1.82, 2.24) is 20.3 Å². The highest BCUT2D eigenvalue weighted by molar-refractivity contribution is 7.90. The third-order valence-corrected chi connectivity index (χ3v) is 5.49. The molecule has 0 radical (unpaired) electrons. The second-order valence-corrected chi connectivity index (χ2v) is 8.48. The Bertz CT molecular complexity index is 968. The van der Waals surface area contributed by atoms with Crippen LogP contribution >= 0.6 is 0 Å². The Morgan fingerprint density at radius 1 is 1.21 bits per heavy atom. The molecule has 0 aliphatic heterocycles. The predicted molar refractivity (Wildman–Crippen MR) is 108 cm³/mol. The summed E-state index contributed by atoms with van der Waals surface area (Å²) in [6, 6.07) is 7.25. The summed E-state index contributed by atoms with van der Waals surface area (Å²) in [5.41, 5.74) is 0.683. The van der Waals surface area contributed by atoms with E-state index in [1.54, 1.807) is 19.2 Å². The van der Waals surface area contributed by atoms with Gasteiger partial charge >= 0.3 is 6.03 Å². The molecule has 10 heteroatoms. The molecule has 0 spiro atoms. The molecule has 2 rings (SSSR count). The van der Waals surface area contributed by atoms with E-state index in [4.69, 9.17) is 4.74 Å². The van der Waals surface area contributed by atoms with Gasteiger partial charge in [-0.15, -0.1) is 0 Å². The van der Waals surface area contributed by atoms with Gasteiger partial charge in [0.05, 0.1) is 18.6 Å². The van der Waals surface area contributed by atoms with Crippen molar-refractivity contribution in [3.05, 3.63) is 47.8 Å². The first kappa shape index (κ1) is 22.3. The predicted octanol–water partition coefficient (Wildman–Crippen LogP) is 1.63. The number of hydrogen-bond acceptors (Lipinski definition) is 5. The maximum absolute atomic E-state index is 12.6. The molecule has 2 aromatic rings. The molecule has 0 unspecified atom stereocenters. The number of nitrogens with one attached hydrogen (secondary N) is 4. The molecule has 0 aliphatic carbocycles. The molecule has 0 atom stereocenters. The van der Waals surface area contributed by atoms with E-state index in [0.29, 0.717) is 5.56 Å². The van der Waals surface area contributed by atoms with E-state index in [9.17, 15) is 18.0 Å². The van der Waals surface area contributed by atoms with Crippen LogP contribution in [0, 0.1) is 0 Å². The Morgan fingerprint density at radius 3 is 2.52 bits per heavy atom. The second-order valence-electron chi connectivity index (χ2n) is 6.83. The zero-order chi connectivity index (χ0) is 21.7. The van der Waals surface area contributed by atoms with Gasteiger partial charge in [0, 0.05) is 18.9 Å². The largest absolute Gasteiger partial charge is 0.492 e. The summed E-state index contributed by atoms with van der Waals surface area (Å²) < 4.78 is 32.4. The van der Waals surface area contributed by atoms with Crippen LogP contribution < -0.4 is 20.1 Å². The monoisotopic (exact) mass is 422 g/mol. The van der Waals surface area contributed by atoms with Crippen LogP contribution in [0.5, 0.6) is 5.75 Å². The SMILES string of the molecule is CCOc1ccc(CC(=O)NC(C)(C)c2ccc[nH]2)cc1S(=O)(=O)NC(=O)NC. The number of aromatic amines is 1. The summed E-state index contributed by atoms with van der Waals surface area (Å²) in [6.45, 7) is 5.68. The first-order valence-corrected chi connectivity index (χ1v) is 10.5. The molecule has 3 amide bonds. The fraction of sp³-hybridized carbons (Fsp3) is 0.368. The summed E-state index contributed by atoms with van der Waals surface area (Å²) in [5, 5.41) is 5.11. The van der Waals surface area contributed by atoms with Gasteiger partial charge in [-0.25, -0.2) is 17.9 Å². The minimum absolute atomic E-state index is 0.0426. The van der Waals surface area contributed by atoms with Crippen LogP contribution in [0.15, 0.2) is 41.4 Å². The number of sulfonamides is 1. The molecule has 158 valence electrons. The van der Waals surface area contributed by atoms with Crippen LogP contribution in [0.3, 0.4) is 0 Å². The van der Waals surface area contributed by atoms with Crippen LogP contribution in [0.4, 0.5) is 4.79 Å². The van der Waals surface area contributed by atoms with E-state index in [2.05, 4.69) is 15.6 Å². The van der Waals surface area contributed by atoms with Crippen molar-refractivity contribution in [2.45, 2.75) is 37.6 Å². The van der Waals surface area contributed by atoms with Gasteiger partial charge in [0.25, 0.3) is 10.0 Å². The van der Waals surface area contributed by atoms with Gasteiger partial charge in [0.2, 0.25) is 5.91 Å². The maximum atomic E-state index is 12.6. The molecular weight excluding hydrogens is 396 g/mol. The van der Waals surface area contributed by atoms with Gasteiger partial charge in [-0.3, -0.25) is 4.79 Å². The third kappa shape index (κ3) is 5.74. The number of carbonyl (C=O) groups excluding carboxylic acids is 2. The topological polar surface area (TPSA) is 129 Å². The summed E-state index contributed by atoms with van der Waals surface area (Å²) in [5.74, 6) is -0.184. The summed E-state index contributed by atoms with van der Waals surface area (Å²) >= 11 is 0. The Kier molecular flexibility index (Phi) is 6.91. The number of H-pyrrole nitrogens is 1. The van der Waals surface area contributed by atoms with Gasteiger partial charge in [-0.1, -0.05) is 6.07 Å². The van der Waals surface area contributed by atoms with Crippen molar-refractivity contribution in [2.24, 2.45) is 0 Å². The number of rotatable bonds is 8. The molecule has 0 aliphatic rings. The minimum Gasteiger partial charge on any atom is -0.492 e. The third-order valence-electron chi connectivity index (χ3n) is 4.14. The van der Waals surface area contributed by atoms with Crippen molar-refractivity contribution in [3.8, 4) is 5.75 Å². The van der Waals surface area contributed by atoms with Gasteiger partial charge in [-0.05, 0) is 50.6 Å². The van der Waals surface area contributed by atoms with Crippen LogP contribution in [0.1, 0.15) is 32.0 Å². The first-order valence-electron chi connectivity index (χ1n) is 9.04. The standard InChI is InChI=1S/C19H26N4O5S/c1-5-28-14-9-8-13(11-15(14)29(26,27)23-18(25)20-4)12-17(24)22-19(2,3)16-7-6-10-21-16/h6-11,21H,5,12H2,1-4H3,(H,22,24)(H2,20,23,25). The molecule has 0 fully saturated rings. The Hall–Kier alpha value is -3.01. The van der Waals surface area contributed by atoms with Gasteiger partial charge < -0.3 is 20.4 Å². The molecule has 0 saturated heterocycles. The van der Waals surface area contributed by atoms with Crippen LogP contribution in [-0.4, -0.2) is 39.0 Å². The summed E-state index contributed by atoms with van der Waals surface area (Å²) in [6.07, 6.45) is 1.73. The molecule has 0 saturated carbocycles. The second kappa shape index (κ2) is 8.99. The smallest absolute Gasteiger partial charge is 0.328 e. The molecule has 4 N–H and O–H groups in total. The Balaban J connectivity index is 2.25. The van der Waals surface area contributed by atoms with E-state index >= 15 is 0 Å². The van der Waals surface area contributed by atoms with E-state index in [0.717, 1.165) is 5.69 Å². The molecule has 0 bridgehead atoms. The van der Waals surface area contributed by atoms with Crippen LogP contribution in [0.25, 0.3) is 0 Å². The fourth-order valence-corrected chi connectivity index (χ4v) is 3.89. The van der Waals surface area contributed by atoms with E-state index < -0.39 is 21.6 Å². The van der Waals surface area contributed by atoms with Crippen molar-refractivity contribution in [1.29, 1.82) is 0 Å². The van der Waals surface area contributed by atoms with Crippen molar-refractivity contribution < 1.29 is 22.7 Å². The van der Waals surface area contributed by atoms with E-state index in [-0.39, 0.29) is 29.6 Å². The lowest BCUT2D eigenvalue weighted by molar-refractivity contribution is -0.122. The molecule has 1 heterocycles. The normalized spacial score (nSPS) is 11.6. The zero-order valence-electron chi connectivity index (χ0n) is 16.8. The molecule has 1 aromatic heterocycles. The number of aromatic nitrogens is 1. The summed E-state index contributed by atoms with van der Waals surface area (Å²) in [4.78, 5) is 26.9. The lowest BCUT2D eigenvalue weighted by Gasteiger charge is -2.25. The number of benzene rings is 1. The average Bonchev–Trinajstić information content (AvgIpc) is 3.18.